The minimum Gasteiger partial charge on any atom is -0.496 e. The highest BCUT2D eigenvalue weighted by Crippen LogP contribution is 2.33. The molecular formula is C12H16BrNO. The third-order valence-corrected chi connectivity index (χ3v) is 3.66. The monoisotopic (exact) mass is 269 g/mol. The van der Waals surface area contributed by atoms with E-state index in [1.165, 1.54) is 17.5 Å². The van der Waals surface area contributed by atoms with Crippen LogP contribution in [-0.2, 0) is 0 Å². The number of hydrogen-bond acceptors (Lipinski definition) is 2. The number of ether oxygens (including phenoxy) is 1. The lowest BCUT2D eigenvalue weighted by Gasteiger charge is -2.15. The highest BCUT2D eigenvalue weighted by molar-refractivity contribution is 9.10. The Labute approximate surface area is 99.1 Å². The van der Waals surface area contributed by atoms with E-state index in [0.717, 1.165) is 23.3 Å². The van der Waals surface area contributed by atoms with Gasteiger partial charge in [-0.1, -0.05) is 0 Å². The summed E-state index contributed by atoms with van der Waals surface area (Å²) in [7, 11) is 1.70. The van der Waals surface area contributed by atoms with Gasteiger partial charge in [0.25, 0.3) is 0 Å². The van der Waals surface area contributed by atoms with E-state index in [4.69, 9.17) is 4.74 Å². The number of nitrogens with one attached hydrogen (secondary N) is 1. The summed E-state index contributed by atoms with van der Waals surface area (Å²) in [6.07, 6.45) is 1.24. The quantitative estimate of drug-likeness (QED) is 0.892. The number of rotatable bonds is 2. The van der Waals surface area contributed by atoms with Crippen LogP contribution in [0.1, 0.15) is 23.5 Å². The number of methoxy groups -OCH3 is 1. The molecule has 1 atom stereocenters. The molecule has 0 saturated carbocycles. The summed E-state index contributed by atoms with van der Waals surface area (Å²) in [6.45, 7) is 4.38. The molecule has 1 heterocycles. The van der Waals surface area contributed by atoms with E-state index >= 15 is 0 Å². The zero-order chi connectivity index (χ0) is 10.8. The molecule has 1 fully saturated rings. The highest BCUT2D eigenvalue weighted by Gasteiger charge is 2.19. The van der Waals surface area contributed by atoms with Gasteiger partial charge in [0.1, 0.15) is 5.75 Å². The van der Waals surface area contributed by atoms with Crippen molar-refractivity contribution in [1.29, 1.82) is 0 Å². The first-order chi connectivity index (χ1) is 7.22. The van der Waals surface area contributed by atoms with E-state index < -0.39 is 0 Å². The van der Waals surface area contributed by atoms with Crippen molar-refractivity contribution in [3.63, 3.8) is 0 Å². The summed E-state index contributed by atoms with van der Waals surface area (Å²) in [6, 6.07) is 4.31. The van der Waals surface area contributed by atoms with Gasteiger partial charge < -0.3 is 10.1 Å². The lowest BCUT2D eigenvalue weighted by atomic mass is 9.94. The lowest BCUT2D eigenvalue weighted by molar-refractivity contribution is 0.411. The van der Waals surface area contributed by atoms with Crippen LogP contribution in [0.15, 0.2) is 16.6 Å². The Morgan fingerprint density at radius 1 is 1.47 bits per heavy atom. The van der Waals surface area contributed by atoms with Gasteiger partial charge in [-0.25, -0.2) is 0 Å². The predicted molar refractivity (Wildman–Crippen MR) is 65.7 cm³/mol. The van der Waals surface area contributed by atoms with Crippen LogP contribution in [0.4, 0.5) is 0 Å². The van der Waals surface area contributed by atoms with Crippen LogP contribution < -0.4 is 10.1 Å². The van der Waals surface area contributed by atoms with E-state index in [-0.39, 0.29) is 0 Å². The molecule has 0 spiro atoms. The molecule has 15 heavy (non-hydrogen) atoms. The molecule has 2 nitrogen and oxygen atoms in total. The first-order valence-corrected chi connectivity index (χ1v) is 6.06. The Balaban J connectivity index is 2.35. The highest BCUT2D eigenvalue weighted by atomic mass is 79.9. The number of benzene rings is 1. The second-order valence-electron chi connectivity index (χ2n) is 4.03. The van der Waals surface area contributed by atoms with Crippen molar-refractivity contribution in [3.8, 4) is 5.75 Å². The van der Waals surface area contributed by atoms with Crippen LogP contribution in [0.2, 0.25) is 0 Å². The summed E-state index contributed by atoms with van der Waals surface area (Å²) < 4.78 is 6.33. The largest absolute Gasteiger partial charge is 0.496 e. The minimum atomic E-state index is 0.659. The maximum Gasteiger partial charge on any atom is 0.133 e. The van der Waals surface area contributed by atoms with Gasteiger partial charge in [-0.3, -0.25) is 0 Å². The molecule has 0 bridgehead atoms. The normalized spacial score (nSPS) is 20.6. The van der Waals surface area contributed by atoms with E-state index in [2.05, 4.69) is 40.3 Å². The lowest BCUT2D eigenvalue weighted by Crippen LogP contribution is -2.08. The number of aryl methyl sites for hydroxylation is 1. The molecule has 0 aromatic heterocycles. The van der Waals surface area contributed by atoms with Crippen LogP contribution in [0.25, 0.3) is 0 Å². The third kappa shape index (κ3) is 2.18. The van der Waals surface area contributed by atoms with Crippen LogP contribution in [0.3, 0.4) is 0 Å². The molecule has 2 rings (SSSR count). The van der Waals surface area contributed by atoms with Crippen molar-refractivity contribution >= 4 is 15.9 Å². The number of hydrogen-bond donors (Lipinski definition) is 1. The standard InChI is InChI=1S/C12H16BrNO/c1-8-5-12(15-2)11(13)6-10(8)9-3-4-14-7-9/h5-6,9,14H,3-4,7H2,1-2H3. The van der Waals surface area contributed by atoms with E-state index in [1.807, 2.05) is 0 Å². The fourth-order valence-electron chi connectivity index (χ4n) is 2.19. The Bertz CT molecular complexity index is 359. The summed E-state index contributed by atoms with van der Waals surface area (Å²) in [5.41, 5.74) is 2.76. The Morgan fingerprint density at radius 2 is 2.27 bits per heavy atom. The predicted octanol–water partition coefficient (Wildman–Crippen LogP) is 2.84. The maximum atomic E-state index is 5.28. The van der Waals surface area contributed by atoms with Gasteiger partial charge in [0.2, 0.25) is 0 Å². The van der Waals surface area contributed by atoms with Crippen LogP contribution >= 0.6 is 15.9 Å². The van der Waals surface area contributed by atoms with E-state index in [1.54, 1.807) is 7.11 Å². The van der Waals surface area contributed by atoms with Gasteiger partial charge in [-0.2, -0.15) is 0 Å². The first kappa shape index (κ1) is 11.0. The van der Waals surface area contributed by atoms with Crippen molar-refractivity contribution in [2.24, 2.45) is 0 Å². The van der Waals surface area contributed by atoms with Crippen molar-refractivity contribution in [2.45, 2.75) is 19.3 Å². The van der Waals surface area contributed by atoms with Crippen molar-refractivity contribution in [1.82, 2.24) is 5.32 Å². The van der Waals surface area contributed by atoms with Crippen molar-refractivity contribution in [3.05, 3.63) is 27.7 Å². The molecule has 1 aliphatic heterocycles. The van der Waals surface area contributed by atoms with E-state index in [0.29, 0.717) is 5.92 Å². The zero-order valence-corrected chi connectivity index (χ0v) is 10.7. The summed E-state index contributed by atoms with van der Waals surface area (Å²) >= 11 is 3.54. The molecule has 1 aliphatic rings. The molecule has 1 unspecified atom stereocenters. The summed E-state index contributed by atoms with van der Waals surface area (Å²) in [5, 5.41) is 3.40. The molecule has 0 amide bonds. The van der Waals surface area contributed by atoms with Crippen molar-refractivity contribution < 1.29 is 4.74 Å². The first-order valence-electron chi connectivity index (χ1n) is 5.27. The fourth-order valence-corrected chi connectivity index (χ4v) is 2.71. The second-order valence-corrected chi connectivity index (χ2v) is 4.89. The van der Waals surface area contributed by atoms with Gasteiger partial charge in [0, 0.05) is 6.54 Å². The van der Waals surface area contributed by atoms with Crippen LogP contribution in [-0.4, -0.2) is 20.2 Å². The maximum absolute atomic E-state index is 5.28. The summed E-state index contributed by atoms with van der Waals surface area (Å²) in [4.78, 5) is 0. The molecular weight excluding hydrogens is 254 g/mol. The summed E-state index contributed by atoms with van der Waals surface area (Å²) in [5.74, 6) is 1.58. The molecule has 1 N–H and O–H groups in total. The Kier molecular flexibility index (Phi) is 3.32. The fraction of sp³-hybridized carbons (Fsp3) is 0.500. The average molecular weight is 270 g/mol. The van der Waals surface area contributed by atoms with Gasteiger partial charge in [-0.15, -0.1) is 0 Å². The van der Waals surface area contributed by atoms with Crippen LogP contribution in [0, 0.1) is 6.92 Å². The Morgan fingerprint density at radius 3 is 2.87 bits per heavy atom. The molecule has 3 heteroatoms. The average Bonchev–Trinajstić information content (AvgIpc) is 2.74. The molecule has 1 saturated heterocycles. The van der Waals surface area contributed by atoms with Gasteiger partial charge in [0.05, 0.1) is 11.6 Å². The molecule has 82 valence electrons. The Hall–Kier alpha value is -0.540. The minimum absolute atomic E-state index is 0.659. The van der Waals surface area contributed by atoms with E-state index in [9.17, 15) is 0 Å². The second kappa shape index (κ2) is 4.54. The molecule has 1 aromatic rings. The zero-order valence-electron chi connectivity index (χ0n) is 9.14. The van der Waals surface area contributed by atoms with Gasteiger partial charge in [0.15, 0.2) is 0 Å². The van der Waals surface area contributed by atoms with Gasteiger partial charge >= 0.3 is 0 Å². The topological polar surface area (TPSA) is 21.3 Å². The SMILES string of the molecule is COc1cc(C)c(C2CCNC2)cc1Br. The van der Waals surface area contributed by atoms with Gasteiger partial charge in [-0.05, 0) is 65.0 Å². The smallest absolute Gasteiger partial charge is 0.133 e. The molecule has 0 aliphatic carbocycles. The number of halogens is 1. The third-order valence-electron chi connectivity index (χ3n) is 3.04. The molecule has 1 aromatic carbocycles. The van der Waals surface area contributed by atoms with Crippen molar-refractivity contribution in [2.75, 3.05) is 20.2 Å². The molecule has 0 radical (unpaired) electrons. The van der Waals surface area contributed by atoms with Crippen LogP contribution in [0.5, 0.6) is 5.75 Å².